The number of anilines is 1. The van der Waals surface area contributed by atoms with Crippen molar-refractivity contribution in [2.24, 2.45) is 5.92 Å². The summed E-state index contributed by atoms with van der Waals surface area (Å²) in [6.45, 7) is 0. The van der Waals surface area contributed by atoms with Gasteiger partial charge in [0.2, 0.25) is 5.52 Å². The van der Waals surface area contributed by atoms with Crippen LogP contribution in [-0.4, -0.2) is 32.4 Å². The van der Waals surface area contributed by atoms with Gasteiger partial charge >= 0.3 is 11.7 Å². The van der Waals surface area contributed by atoms with Gasteiger partial charge in [-0.15, -0.1) is 0 Å². The molecule has 1 aliphatic rings. The molecule has 0 saturated heterocycles. The Morgan fingerprint density at radius 2 is 2.19 bits per heavy atom. The molecule has 0 aliphatic heterocycles. The van der Waals surface area contributed by atoms with E-state index in [4.69, 9.17) is 5.11 Å². The molecule has 110 valence electrons. The second-order valence-corrected chi connectivity index (χ2v) is 5.04. The fourth-order valence-electron chi connectivity index (χ4n) is 2.34. The third kappa shape index (κ3) is 2.62. The third-order valence-corrected chi connectivity index (χ3v) is 3.52. The van der Waals surface area contributed by atoms with Gasteiger partial charge in [-0.1, -0.05) is 0 Å². The Morgan fingerprint density at radius 3 is 2.81 bits per heavy atom. The maximum atomic E-state index is 10.9. The van der Waals surface area contributed by atoms with Crippen molar-refractivity contribution in [2.75, 3.05) is 5.32 Å². The summed E-state index contributed by atoms with van der Waals surface area (Å²) in [6, 6.07) is 2.57. The molecule has 1 fully saturated rings. The minimum Gasteiger partial charge on any atom is -0.481 e. The molecule has 1 unspecified atom stereocenters. The first kappa shape index (κ1) is 13.3. The Labute approximate surface area is 118 Å². The lowest BCUT2D eigenvalue weighted by molar-refractivity contribution is -0.383. The molecule has 1 saturated carbocycles. The van der Waals surface area contributed by atoms with Crippen LogP contribution in [-0.2, 0) is 4.79 Å². The zero-order valence-electron chi connectivity index (χ0n) is 10.9. The summed E-state index contributed by atoms with van der Waals surface area (Å²) in [7, 11) is 0. The summed E-state index contributed by atoms with van der Waals surface area (Å²) in [5, 5.41) is 30.2. The van der Waals surface area contributed by atoms with Crippen molar-refractivity contribution in [3.63, 3.8) is 0 Å². The molecule has 3 rings (SSSR count). The number of fused-ring (bicyclic) bond motifs is 1. The van der Waals surface area contributed by atoms with Crippen LogP contribution in [0.4, 0.5) is 11.4 Å². The van der Waals surface area contributed by atoms with Crippen molar-refractivity contribution in [1.82, 2.24) is 10.3 Å². The van der Waals surface area contributed by atoms with E-state index in [-0.39, 0.29) is 29.2 Å². The van der Waals surface area contributed by atoms with Gasteiger partial charge in [0.1, 0.15) is 0 Å². The number of aromatic nitrogens is 2. The van der Waals surface area contributed by atoms with E-state index in [9.17, 15) is 14.9 Å². The zero-order valence-corrected chi connectivity index (χ0v) is 10.9. The van der Waals surface area contributed by atoms with E-state index in [1.54, 1.807) is 0 Å². The fourth-order valence-corrected chi connectivity index (χ4v) is 2.34. The van der Waals surface area contributed by atoms with Crippen LogP contribution in [0.3, 0.4) is 0 Å². The highest BCUT2D eigenvalue weighted by atomic mass is 16.6. The molecule has 1 aromatic carbocycles. The van der Waals surface area contributed by atoms with Gasteiger partial charge in [-0.3, -0.25) is 14.9 Å². The van der Waals surface area contributed by atoms with Crippen LogP contribution in [0.25, 0.3) is 11.0 Å². The van der Waals surface area contributed by atoms with Crippen molar-refractivity contribution in [3.8, 4) is 0 Å². The van der Waals surface area contributed by atoms with Crippen LogP contribution in [0.2, 0.25) is 0 Å². The molecule has 0 spiro atoms. The number of carboxylic acids is 1. The second-order valence-electron chi connectivity index (χ2n) is 5.04. The van der Waals surface area contributed by atoms with Gasteiger partial charge in [0.05, 0.1) is 17.0 Å². The standard InChI is InChI=1S/C12H12N4O5/c17-10(18)5-8(6-1-2-6)13-7-3-4-9(16(19)20)12-11(7)14-21-15-12/h3-4,6,8,13H,1-2,5H2,(H,17,18). The van der Waals surface area contributed by atoms with Crippen LogP contribution in [0.5, 0.6) is 0 Å². The molecule has 9 heteroatoms. The summed E-state index contributed by atoms with van der Waals surface area (Å²) in [4.78, 5) is 21.3. The predicted molar refractivity (Wildman–Crippen MR) is 70.8 cm³/mol. The van der Waals surface area contributed by atoms with E-state index in [1.165, 1.54) is 12.1 Å². The first-order chi connectivity index (χ1) is 10.1. The monoisotopic (exact) mass is 292 g/mol. The molecule has 0 amide bonds. The van der Waals surface area contributed by atoms with Gasteiger partial charge in [-0.25, -0.2) is 4.63 Å². The summed E-state index contributed by atoms with van der Waals surface area (Å²) in [5.41, 5.74) is 0.586. The Bertz CT molecular complexity index is 709. The lowest BCUT2D eigenvalue weighted by atomic mass is 10.1. The van der Waals surface area contributed by atoms with Gasteiger partial charge < -0.3 is 10.4 Å². The maximum absolute atomic E-state index is 10.9. The number of nitro groups is 1. The maximum Gasteiger partial charge on any atom is 0.305 e. The van der Waals surface area contributed by atoms with E-state index in [2.05, 4.69) is 20.3 Å². The molecule has 9 nitrogen and oxygen atoms in total. The number of hydrogen-bond acceptors (Lipinski definition) is 7. The molecule has 1 aromatic heterocycles. The molecule has 1 atom stereocenters. The van der Waals surface area contributed by atoms with E-state index >= 15 is 0 Å². The van der Waals surface area contributed by atoms with E-state index in [1.807, 2.05) is 0 Å². The summed E-state index contributed by atoms with van der Waals surface area (Å²) >= 11 is 0. The summed E-state index contributed by atoms with van der Waals surface area (Å²) in [6.07, 6.45) is 1.92. The molecule has 0 radical (unpaired) electrons. The lowest BCUT2D eigenvalue weighted by Crippen LogP contribution is -2.25. The highest BCUT2D eigenvalue weighted by Crippen LogP contribution is 2.37. The average molecular weight is 292 g/mol. The van der Waals surface area contributed by atoms with Crippen LogP contribution in [0.1, 0.15) is 19.3 Å². The summed E-state index contributed by atoms with van der Waals surface area (Å²) in [5.74, 6) is -0.595. The highest BCUT2D eigenvalue weighted by Gasteiger charge is 2.33. The Hall–Kier alpha value is -2.71. The molecule has 1 heterocycles. The largest absolute Gasteiger partial charge is 0.481 e. The molecule has 0 bridgehead atoms. The minimum atomic E-state index is -0.893. The van der Waals surface area contributed by atoms with Gasteiger partial charge in [0.25, 0.3) is 0 Å². The number of nitrogens with zero attached hydrogens (tertiary/aromatic N) is 3. The smallest absolute Gasteiger partial charge is 0.305 e. The van der Waals surface area contributed by atoms with E-state index < -0.39 is 10.9 Å². The Morgan fingerprint density at radius 1 is 1.48 bits per heavy atom. The normalized spacial score (nSPS) is 15.8. The SMILES string of the molecule is O=C(O)CC(Nc1ccc([N+](=O)[O-])c2nonc12)C1CC1. The molecule has 21 heavy (non-hydrogen) atoms. The third-order valence-electron chi connectivity index (χ3n) is 3.52. The van der Waals surface area contributed by atoms with Crippen molar-refractivity contribution in [1.29, 1.82) is 0 Å². The van der Waals surface area contributed by atoms with Crippen LogP contribution in [0.15, 0.2) is 16.8 Å². The quantitative estimate of drug-likeness (QED) is 0.608. The second kappa shape index (κ2) is 5.00. The number of non-ortho nitro benzene ring substituents is 1. The van der Waals surface area contributed by atoms with Crippen LogP contribution < -0.4 is 5.32 Å². The zero-order chi connectivity index (χ0) is 15.0. The van der Waals surface area contributed by atoms with Crippen molar-refractivity contribution >= 4 is 28.4 Å². The summed E-state index contributed by atoms with van der Waals surface area (Å²) < 4.78 is 4.57. The molecular weight excluding hydrogens is 280 g/mol. The number of carboxylic acid groups (broad SMARTS) is 1. The minimum absolute atomic E-state index is 0.0194. The first-order valence-electron chi connectivity index (χ1n) is 6.44. The number of rotatable bonds is 6. The van der Waals surface area contributed by atoms with E-state index in [0.717, 1.165) is 12.8 Å². The Balaban J connectivity index is 1.93. The number of benzene rings is 1. The van der Waals surface area contributed by atoms with Crippen LogP contribution in [0, 0.1) is 16.0 Å². The first-order valence-corrected chi connectivity index (χ1v) is 6.44. The van der Waals surface area contributed by atoms with Crippen molar-refractivity contribution < 1.29 is 19.5 Å². The van der Waals surface area contributed by atoms with Gasteiger partial charge in [-0.2, -0.15) is 0 Å². The van der Waals surface area contributed by atoms with Crippen LogP contribution >= 0.6 is 0 Å². The average Bonchev–Trinajstić information content (AvgIpc) is 3.14. The molecule has 1 aliphatic carbocycles. The van der Waals surface area contributed by atoms with Gasteiger partial charge in [0.15, 0.2) is 5.52 Å². The predicted octanol–water partition coefficient (Wildman–Crippen LogP) is 1.80. The fraction of sp³-hybridized carbons (Fsp3) is 0.417. The van der Waals surface area contributed by atoms with Crippen molar-refractivity contribution in [3.05, 3.63) is 22.2 Å². The number of hydrogen-bond donors (Lipinski definition) is 2. The molecule has 2 aromatic rings. The number of aliphatic carboxylic acids is 1. The Kier molecular flexibility index (Phi) is 3.16. The topological polar surface area (TPSA) is 131 Å². The van der Waals surface area contributed by atoms with Crippen molar-refractivity contribution in [2.45, 2.75) is 25.3 Å². The molecule has 2 N–H and O–H groups in total. The molecular formula is C12H12N4O5. The number of nitro benzene ring substituents is 1. The van der Waals surface area contributed by atoms with E-state index in [0.29, 0.717) is 11.6 Å². The number of nitrogens with one attached hydrogen (secondary N) is 1. The van der Waals surface area contributed by atoms with Gasteiger partial charge in [0, 0.05) is 12.1 Å². The highest BCUT2D eigenvalue weighted by molar-refractivity contribution is 5.93. The lowest BCUT2D eigenvalue weighted by Gasteiger charge is -2.17. The number of carbonyl (C=O) groups is 1. The van der Waals surface area contributed by atoms with Gasteiger partial charge in [-0.05, 0) is 35.1 Å².